The molecule has 1 unspecified atom stereocenters. The van der Waals surface area contributed by atoms with Crippen molar-refractivity contribution in [3.63, 3.8) is 0 Å². The zero-order valence-electron chi connectivity index (χ0n) is 10.3. The molecule has 0 bridgehead atoms. The number of nitrogens with one attached hydrogen (secondary N) is 1. The molecule has 3 nitrogen and oxygen atoms in total. The molecule has 0 radical (unpaired) electrons. The van der Waals surface area contributed by atoms with Crippen molar-refractivity contribution in [2.45, 2.75) is 58.5 Å². The van der Waals surface area contributed by atoms with Crippen LogP contribution in [0, 0.1) is 0 Å². The predicted octanol–water partition coefficient (Wildman–Crippen LogP) is 1.78. The van der Waals surface area contributed by atoms with Gasteiger partial charge in [0.1, 0.15) is 0 Å². The van der Waals surface area contributed by atoms with Crippen LogP contribution < -0.4 is 5.32 Å². The summed E-state index contributed by atoms with van der Waals surface area (Å²) in [5.74, 6) is 0.277. The van der Waals surface area contributed by atoms with Crippen LogP contribution in [0.1, 0.15) is 46.5 Å². The maximum Gasteiger partial charge on any atom is 0.239 e. The van der Waals surface area contributed by atoms with Crippen LogP contribution in [0.2, 0.25) is 0 Å². The van der Waals surface area contributed by atoms with Crippen molar-refractivity contribution in [3.05, 3.63) is 0 Å². The van der Waals surface area contributed by atoms with E-state index >= 15 is 0 Å². The van der Waals surface area contributed by atoms with E-state index in [9.17, 15) is 4.79 Å². The number of hydrogen-bond donors (Lipinski definition) is 1. The molecule has 1 aliphatic rings. The Labute approximate surface area is 93.2 Å². The Bertz CT molecular complexity index is 196. The summed E-state index contributed by atoms with van der Waals surface area (Å²) in [6, 6.07) is 0.458. The Morgan fingerprint density at radius 2 is 1.80 bits per heavy atom. The quantitative estimate of drug-likeness (QED) is 0.753. The van der Waals surface area contributed by atoms with E-state index in [2.05, 4.69) is 19.2 Å². The molecule has 0 aliphatic carbocycles. The molecule has 1 amide bonds. The average Bonchev–Trinajstić information content (AvgIpc) is 2.77. The summed E-state index contributed by atoms with van der Waals surface area (Å²) in [6.45, 7) is 8.21. The molecule has 3 heteroatoms. The van der Waals surface area contributed by atoms with Gasteiger partial charge in [0.05, 0.1) is 6.04 Å². The largest absolute Gasteiger partial charge is 0.341 e. The zero-order chi connectivity index (χ0) is 11.3. The number of nitrogens with zero attached hydrogens (tertiary/aromatic N) is 1. The van der Waals surface area contributed by atoms with E-state index in [1.54, 1.807) is 0 Å². The van der Waals surface area contributed by atoms with Gasteiger partial charge in [-0.25, -0.2) is 0 Å². The van der Waals surface area contributed by atoms with Crippen molar-refractivity contribution in [2.75, 3.05) is 13.1 Å². The van der Waals surface area contributed by atoms with Gasteiger partial charge in [-0.3, -0.25) is 4.79 Å². The van der Waals surface area contributed by atoms with E-state index in [0.29, 0.717) is 6.04 Å². The van der Waals surface area contributed by atoms with E-state index in [1.165, 1.54) is 12.8 Å². The van der Waals surface area contributed by atoms with Gasteiger partial charge in [-0.2, -0.15) is 0 Å². The van der Waals surface area contributed by atoms with Crippen molar-refractivity contribution in [3.8, 4) is 0 Å². The number of carbonyl (C=O) groups excluding carboxylic acids is 1. The third kappa shape index (κ3) is 3.49. The SMILES string of the molecule is CCC(CC)NC(C)C(=O)N1CCCC1. The van der Waals surface area contributed by atoms with Gasteiger partial charge in [0, 0.05) is 19.1 Å². The molecule has 1 atom stereocenters. The lowest BCUT2D eigenvalue weighted by atomic mass is 10.1. The molecule has 1 N–H and O–H groups in total. The minimum absolute atomic E-state index is 0.0204. The summed E-state index contributed by atoms with van der Waals surface area (Å²) < 4.78 is 0. The number of carbonyl (C=O) groups is 1. The Balaban J connectivity index is 2.37. The lowest BCUT2D eigenvalue weighted by Crippen LogP contribution is -2.47. The van der Waals surface area contributed by atoms with Gasteiger partial charge < -0.3 is 10.2 Å². The van der Waals surface area contributed by atoms with Gasteiger partial charge in [-0.1, -0.05) is 13.8 Å². The molecule has 1 rings (SSSR count). The van der Waals surface area contributed by atoms with Gasteiger partial charge in [-0.15, -0.1) is 0 Å². The van der Waals surface area contributed by atoms with Crippen molar-refractivity contribution in [1.29, 1.82) is 0 Å². The summed E-state index contributed by atoms with van der Waals surface area (Å²) in [7, 11) is 0. The summed E-state index contributed by atoms with van der Waals surface area (Å²) in [5.41, 5.74) is 0. The highest BCUT2D eigenvalue weighted by molar-refractivity contribution is 5.81. The molecule has 1 fully saturated rings. The van der Waals surface area contributed by atoms with Crippen LogP contribution in [0.3, 0.4) is 0 Å². The van der Waals surface area contributed by atoms with E-state index in [-0.39, 0.29) is 11.9 Å². The topological polar surface area (TPSA) is 32.3 Å². The lowest BCUT2D eigenvalue weighted by Gasteiger charge is -2.24. The highest BCUT2D eigenvalue weighted by Crippen LogP contribution is 2.09. The molecule has 0 spiro atoms. The number of likely N-dealkylation sites (tertiary alicyclic amines) is 1. The fraction of sp³-hybridized carbons (Fsp3) is 0.917. The first kappa shape index (κ1) is 12.5. The first-order chi connectivity index (χ1) is 7.19. The van der Waals surface area contributed by atoms with Crippen molar-refractivity contribution in [2.24, 2.45) is 0 Å². The zero-order valence-corrected chi connectivity index (χ0v) is 10.3. The monoisotopic (exact) mass is 212 g/mol. The molecule has 88 valence electrons. The Hall–Kier alpha value is -0.570. The molecular formula is C12H24N2O. The second-order valence-electron chi connectivity index (χ2n) is 4.43. The molecule has 1 saturated heterocycles. The fourth-order valence-corrected chi connectivity index (χ4v) is 2.16. The second kappa shape index (κ2) is 6.11. The summed E-state index contributed by atoms with van der Waals surface area (Å²) in [4.78, 5) is 14.0. The molecule has 15 heavy (non-hydrogen) atoms. The fourth-order valence-electron chi connectivity index (χ4n) is 2.16. The highest BCUT2D eigenvalue weighted by atomic mass is 16.2. The van der Waals surface area contributed by atoms with E-state index in [0.717, 1.165) is 25.9 Å². The number of hydrogen-bond acceptors (Lipinski definition) is 2. The Kier molecular flexibility index (Phi) is 5.09. The van der Waals surface area contributed by atoms with Crippen LogP contribution in [0.25, 0.3) is 0 Å². The van der Waals surface area contributed by atoms with Crippen molar-refractivity contribution in [1.82, 2.24) is 10.2 Å². The van der Waals surface area contributed by atoms with Gasteiger partial charge in [0.2, 0.25) is 5.91 Å². The number of rotatable bonds is 5. The van der Waals surface area contributed by atoms with Gasteiger partial charge >= 0.3 is 0 Å². The van der Waals surface area contributed by atoms with E-state index in [1.807, 2.05) is 11.8 Å². The Morgan fingerprint density at radius 3 is 2.27 bits per heavy atom. The van der Waals surface area contributed by atoms with Crippen LogP contribution >= 0.6 is 0 Å². The second-order valence-corrected chi connectivity index (χ2v) is 4.43. The van der Waals surface area contributed by atoms with Crippen LogP contribution in [0.15, 0.2) is 0 Å². The highest BCUT2D eigenvalue weighted by Gasteiger charge is 2.23. The van der Waals surface area contributed by atoms with E-state index in [4.69, 9.17) is 0 Å². The average molecular weight is 212 g/mol. The lowest BCUT2D eigenvalue weighted by molar-refractivity contribution is -0.132. The first-order valence-corrected chi connectivity index (χ1v) is 6.23. The van der Waals surface area contributed by atoms with Gasteiger partial charge in [0.25, 0.3) is 0 Å². The Morgan fingerprint density at radius 1 is 1.27 bits per heavy atom. The summed E-state index contributed by atoms with van der Waals surface area (Å²) >= 11 is 0. The molecule has 0 saturated carbocycles. The molecule has 0 aromatic heterocycles. The van der Waals surface area contributed by atoms with Gasteiger partial charge in [0.15, 0.2) is 0 Å². The predicted molar refractivity (Wildman–Crippen MR) is 62.8 cm³/mol. The summed E-state index contributed by atoms with van der Waals surface area (Å²) in [5, 5.41) is 3.40. The molecule has 0 aromatic carbocycles. The van der Waals surface area contributed by atoms with Crippen LogP contribution in [0.5, 0.6) is 0 Å². The third-order valence-electron chi connectivity index (χ3n) is 3.26. The minimum atomic E-state index is -0.0204. The number of amides is 1. The molecule has 0 aromatic rings. The minimum Gasteiger partial charge on any atom is -0.341 e. The molecular weight excluding hydrogens is 188 g/mol. The van der Waals surface area contributed by atoms with Crippen LogP contribution in [0.4, 0.5) is 0 Å². The maximum atomic E-state index is 12.0. The van der Waals surface area contributed by atoms with Crippen molar-refractivity contribution < 1.29 is 4.79 Å². The normalized spacial score (nSPS) is 18.5. The smallest absolute Gasteiger partial charge is 0.239 e. The van der Waals surface area contributed by atoms with Crippen molar-refractivity contribution >= 4 is 5.91 Å². The molecule has 1 aliphatic heterocycles. The summed E-state index contributed by atoms with van der Waals surface area (Å²) in [6.07, 6.45) is 4.52. The van der Waals surface area contributed by atoms with Crippen LogP contribution in [-0.2, 0) is 4.79 Å². The van der Waals surface area contributed by atoms with Crippen LogP contribution in [-0.4, -0.2) is 36.0 Å². The third-order valence-corrected chi connectivity index (χ3v) is 3.26. The van der Waals surface area contributed by atoms with Gasteiger partial charge in [-0.05, 0) is 32.6 Å². The van der Waals surface area contributed by atoms with E-state index < -0.39 is 0 Å². The standard InChI is InChI=1S/C12H24N2O/c1-4-11(5-2)13-10(3)12(15)14-8-6-7-9-14/h10-11,13H,4-9H2,1-3H3. The first-order valence-electron chi connectivity index (χ1n) is 6.23. The maximum absolute atomic E-state index is 12.0. The molecule has 1 heterocycles.